The predicted molar refractivity (Wildman–Crippen MR) is 67.6 cm³/mol. The van der Waals surface area contributed by atoms with Crippen LogP contribution >= 0.6 is 0 Å². The maximum Gasteiger partial charge on any atom is 0.136 e. The first-order chi connectivity index (χ1) is 7.89. The van der Waals surface area contributed by atoms with E-state index in [0.717, 1.165) is 22.6 Å². The molecule has 90 valence electrons. The fourth-order valence-corrected chi connectivity index (χ4v) is 1.55. The van der Waals surface area contributed by atoms with Crippen molar-refractivity contribution in [3.63, 3.8) is 0 Å². The summed E-state index contributed by atoms with van der Waals surface area (Å²) in [5.41, 5.74) is 8.48. The Hall–Kier alpha value is -1.84. The smallest absolute Gasteiger partial charge is 0.136 e. The van der Waals surface area contributed by atoms with Crippen molar-refractivity contribution in [1.29, 1.82) is 0 Å². The van der Waals surface area contributed by atoms with Crippen molar-refractivity contribution < 1.29 is 4.42 Å². The van der Waals surface area contributed by atoms with Crippen molar-refractivity contribution in [2.45, 2.75) is 33.1 Å². The number of nitrogens with zero attached hydrogens (tertiary/aromatic N) is 2. The van der Waals surface area contributed by atoms with Gasteiger partial charge in [0.15, 0.2) is 0 Å². The fraction of sp³-hybridized carbons (Fsp3) is 0.385. The Morgan fingerprint density at radius 3 is 2.47 bits per heavy atom. The van der Waals surface area contributed by atoms with E-state index in [9.17, 15) is 0 Å². The Kier molecular flexibility index (Phi) is 2.65. The van der Waals surface area contributed by atoms with Gasteiger partial charge in [0.1, 0.15) is 11.6 Å². The maximum atomic E-state index is 5.94. The largest absolute Gasteiger partial charge is 0.472 e. The van der Waals surface area contributed by atoms with Gasteiger partial charge in [-0.25, -0.2) is 9.97 Å². The van der Waals surface area contributed by atoms with Crippen LogP contribution in [0, 0.1) is 6.92 Å². The molecule has 0 saturated heterocycles. The second-order valence-corrected chi connectivity index (χ2v) is 5.17. The van der Waals surface area contributed by atoms with Crippen LogP contribution in [0.2, 0.25) is 0 Å². The van der Waals surface area contributed by atoms with Crippen LogP contribution in [0.25, 0.3) is 11.3 Å². The number of nitrogens with two attached hydrogens (primary N) is 1. The molecule has 0 unspecified atom stereocenters. The van der Waals surface area contributed by atoms with Crippen LogP contribution in [0.4, 0.5) is 5.82 Å². The standard InChI is InChI=1S/C13H17N3O/c1-8-10(9-5-6-17-7-9)15-12(13(2,3)4)16-11(8)14/h5-7H,1-4H3,(H2,14,15,16). The zero-order valence-corrected chi connectivity index (χ0v) is 10.6. The first-order valence-electron chi connectivity index (χ1n) is 5.57. The van der Waals surface area contributed by atoms with E-state index in [2.05, 4.69) is 30.7 Å². The molecule has 2 N–H and O–H groups in total. The van der Waals surface area contributed by atoms with Crippen molar-refractivity contribution in [2.24, 2.45) is 0 Å². The number of anilines is 1. The van der Waals surface area contributed by atoms with Gasteiger partial charge < -0.3 is 10.2 Å². The van der Waals surface area contributed by atoms with E-state index in [4.69, 9.17) is 10.2 Å². The third-order valence-corrected chi connectivity index (χ3v) is 2.65. The molecule has 2 aromatic rings. The fourth-order valence-electron chi connectivity index (χ4n) is 1.55. The van der Waals surface area contributed by atoms with Gasteiger partial charge in [0.25, 0.3) is 0 Å². The second-order valence-electron chi connectivity index (χ2n) is 5.17. The molecule has 0 radical (unpaired) electrons. The number of rotatable bonds is 1. The van der Waals surface area contributed by atoms with Crippen LogP contribution in [0.5, 0.6) is 0 Å². The van der Waals surface area contributed by atoms with Gasteiger partial charge in [-0.15, -0.1) is 0 Å². The molecular formula is C13H17N3O. The molecule has 2 aromatic heterocycles. The lowest BCUT2D eigenvalue weighted by molar-refractivity contribution is 0.546. The minimum Gasteiger partial charge on any atom is -0.472 e. The highest BCUT2D eigenvalue weighted by Crippen LogP contribution is 2.28. The summed E-state index contributed by atoms with van der Waals surface area (Å²) in [6, 6.07) is 1.88. The maximum absolute atomic E-state index is 5.94. The normalized spacial score (nSPS) is 11.8. The third-order valence-electron chi connectivity index (χ3n) is 2.65. The summed E-state index contributed by atoms with van der Waals surface area (Å²) in [5.74, 6) is 1.28. The Bertz CT molecular complexity index is 524. The van der Waals surface area contributed by atoms with Gasteiger partial charge >= 0.3 is 0 Å². The van der Waals surface area contributed by atoms with Gasteiger partial charge in [0.2, 0.25) is 0 Å². The minimum absolute atomic E-state index is 0.125. The SMILES string of the molecule is Cc1c(N)nc(C(C)(C)C)nc1-c1ccoc1. The van der Waals surface area contributed by atoms with Gasteiger partial charge in [-0.05, 0) is 13.0 Å². The summed E-state index contributed by atoms with van der Waals surface area (Å²) in [7, 11) is 0. The summed E-state index contributed by atoms with van der Waals surface area (Å²) < 4.78 is 5.09. The lowest BCUT2D eigenvalue weighted by Crippen LogP contribution is -2.18. The lowest BCUT2D eigenvalue weighted by atomic mass is 9.95. The topological polar surface area (TPSA) is 64.9 Å². The van der Waals surface area contributed by atoms with Crippen LogP contribution in [0.1, 0.15) is 32.2 Å². The summed E-state index contributed by atoms with van der Waals surface area (Å²) >= 11 is 0. The molecule has 0 bridgehead atoms. The summed E-state index contributed by atoms with van der Waals surface area (Å²) in [5, 5.41) is 0. The number of hydrogen-bond donors (Lipinski definition) is 1. The van der Waals surface area contributed by atoms with E-state index >= 15 is 0 Å². The zero-order valence-electron chi connectivity index (χ0n) is 10.6. The van der Waals surface area contributed by atoms with Crippen LogP contribution < -0.4 is 5.73 Å². The van der Waals surface area contributed by atoms with Crippen LogP contribution in [-0.4, -0.2) is 9.97 Å². The van der Waals surface area contributed by atoms with Crippen LogP contribution in [0.15, 0.2) is 23.0 Å². The molecule has 4 heteroatoms. The van der Waals surface area contributed by atoms with Gasteiger partial charge in [0, 0.05) is 16.5 Å². The Morgan fingerprint density at radius 1 is 1.24 bits per heavy atom. The molecule has 2 rings (SSSR count). The third kappa shape index (κ3) is 2.16. The molecule has 0 aromatic carbocycles. The molecule has 0 amide bonds. The summed E-state index contributed by atoms with van der Waals surface area (Å²) in [6.45, 7) is 8.12. The molecule has 0 fully saturated rings. The highest BCUT2D eigenvalue weighted by atomic mass is 16.3. The molecule has 0 aliphatic carbocycles. The van der Waals surface area contributed by atoms with Crippen molar-refractivity contribution in [3.05, 3.63) is 30.0 Å². The summed E-state index contributed by atoms with van der Waals surface area (Å²) in [6.07, 6.45) is 3.30. The highest BCUT2D eigenvalue weighted by molar-refractivity contribution is 5.66. The average Bonchev–Trinajstić information content (AvgIpc) is 2.73. The van der Waals surface area contributed by atoms with E-state index in [-0.39, 0.29) is 5.41 Å². The minimum atomic E-state index is -0.125. The monoisotopic (exact) mass is 231 g/mol. The molecule has 4 nitrogen and oxygen atoms in total. The zero-order chi connectivity index (χ0) is 12.6. The average molecular weight is 231 g/mol. The first kappa shape index (κ1) is 11.6. The molecule has 0 aliphatic rings. The number of furan rings is 1. The van der Waals surface area contributed by atoms with E-state index in [1.165, 1.54) is 0 Å². The van der Waals surface area contributed by atoms with E-state index in [0.29, 0.717) is 5.82 Å². The number of aromatic nitrogens is 2. The van der Waals surface area contributed by atoms with Gasteiger partial charge in [0.05, 0.1) is 18.2 Å². The second kappa shape index (κ2) is 3.87. The van der Waals surface area contributed by atoms with Crippen molar-refractivity contribution in [1.82, 2.24) is 9.97 Å². The van der Waals surface area contributed by atoms with Gasteiger partial charge in [-0.1, -0.05) is 20.8 Å². The van der Waals surface area contributed by atoms with E-state index in [1.54, 1.807) is 12.5 Å². The Labute approximate surface area is 101 Å². The highest BCUT2D eigenvalue weighted by Gasteiger charge is 2.21. The van der Waals surface area contributed by atoms with Gasteiger partial charge in [-0.3, -0.25) is 0 Å². The first-order valence-corrected chi connectivity index (χ1v) is 5.57. The van der Waals surface area contributed by atoms with Gasteiger partial charge in [-0.2, -0.15) is 0 Å². The van der Waals surface area contributed by atoms with Crippen molar-refractivity contribution >= 4 is 5.82 Å². The number of nitrogen functional groups attached to an aromatic ring is 1. The quantitative estimate of drug-likeness (QED) is 0.819. The predicted octanol–water partition coefficient (Wildman–Crippen LogP) is 2.92. The molecule has 0 saturated carbocycles. The van der Waals surface area contributed by atoms with Crippen LogP contribution in [0.3, 0.4) is 0 Å². The lowest BCUT2D eigenvalue weighted by Gasteiger charge is -2.18. The molecule has 2 heterocycles. The van der Waals surface area contributed by atoms with Crippen LogP contribution in [-0.2, 0) is 5.41 Å². The van der Waals surface area contributed by atoms with E-state index in [1.807, 2.05) is 13.0 Å². The molecular weight excluding hydrogens is 214 g/mol. The molecule has 0 aliphatic heterocycles. The molecule has 17 heavy (non-hydrogen) atoms. The molecule has 0 atom stereocenters. The number of hydrogen-bond acceptors (Lipinski definition) is 4. The van der Waals surface area contributed by atoms with E-state index < -0.39 is 0 Å². The van der Waals surface area contributed by atoms with Crippen molar-refractivity contribution in [3.8, 4) is 11.3 Å². The Balaban J connectivity index is 2.64. The van der Waals surface area contributed by atoms with Crippen molar-refractivity contribution in [2.75, 3.05) is 5.73 Å². The summed E-state index contributed by atoms with van der Waals surface area (Å²) in [4.78, 5) is 8.95. The Morgan fingerprint density at radius 2 is 1.94 bits per heavy atom. The molecule has 0 spiro atoms.